The standard InChI is InChI=1S/C25H38O9/c1-8-14(4)22(29)32-18-12-25(16(6)23(30)34-25)21(28)20(33-19(27)11-13(2)3)15(5)9-10-17(26)24(18,7)31/h13-15,18,20-21,28,31H,6,8-12H2,1-5,7H3/t14-,15-,18-,20-,21-,24+,25+/m1/s1. The molecular weight excluding hydrogens is 444 g/mol. The number of Topliss-reactive ketones (excluding diaryl/α,β-unsaturated/α-hetero) is 1. The number of esters is 3. The average molecular weight is 483 g/mol. The van der Waals surface area contributed by atoms with Gasteiger partial charge in [-0.05, 0) is 31.6 Å². The van der Waals surface area contributed by atoms with E-state index in [1.165, 1.54) is 6.92 Å². The Bertz CT molecular complexity index is 830. The summed E-state index contributed by atoms with van der Waals surface area (Å²) in [5.41, 5.74) is -4.00. The molecule has 9 heteroatoms. The highest BCUT2D eigenvalue weighted by molar-refractivity contribution is 5.97. The Kier molecular flexibility index (Phi) is 8.69. The molecule has 1 aliphatic carbocycles. The van der Waals surface area contributed by atoms with E-state index in [-0.39, 0.29) is 30.8 Å². The summed E-state index contributed by atoms with van der Waals surface area (Å²) in [4.78, 5) is 50.2. The largest absolute Gasteiger partial charge is 0.459 e. The zero-order valence-corrected chi connectivity index (χ0v) is 21.0. The van der Waals surface area contributed by atoms with Gasteiger partial charge in [-0.2, -0.15) is 0 Å². The molecule has 1 heterocycles. The van der Waals surface area contributed by atoms with Crippen LogP contribution < -0.4 is 0 Å². The molecule has 0 aromatic rings. The molecule has 0 radical (unpaired) electrons. The highest BCUT2D eigenvalue weighted by Gasteiger charge is 2.63. The molecule has 1 aliphatic heterocycles. The Morgan fingerprint density at radius 3 is 2.35 bits per heavy atom. The first-order chi connectivity index (χ1) is 15.7. The highest BCUT2D eigenvalue weighted by atomic mass is 16.6. The minimum atomic E-state index is -2.10. The highest BCUT2D eigenvalue weighted by Crippen LogP contribution is 2.46. The predicted molar refractivity (Wildman–Crippen MR) is 121 cm³/mol. The van der Waals surface area contributed by atoms with E-state index in [9.17, 15) is 29.4 Å². The van der Waals surface area contributed by atoms with Gasteiger partial charge in [0.25, 0.3) is 0 Å². The summed E-state index contributed by atoms with van der Waals surface area (Å²) in [6, 6.07) is 0. The Labute approximate surface area is 200 Å². The normalized spacial score (nSPS) is 35.4. The third-order valence-electron chi connectivity index (χ3n) is 7.00. The van der Waals surface area contributed by atoms with Crippen LogP contribution in [0, 0.1) is 17.8 Å². The van der Waals surface area contributed by atoms with Crippen LogP contribution >= 0.6 is 0 Å². The monoisotopic (exact) mass is 482 g/mol. The zero-order chi connectivity index (χ0) is 26.0. The average Bonchev–Trinajstić information content (AvgIpc) is 2.76. The fourth-order valence-corrected chi connectivity index (χ4v) is 4.24. The Hall–Kier alpha value is -2.26. The van der Waals surface area contributed by atoms with Crippen LogP contribution in [0.1, 0.15) is 73.6 Å². The molecule has 0 aromatic heterocycles. The molecule has 7 atom stereocenters. The van der Waals surface area contributed by atoms with Gasteiger partial charge < -0.3 is 24.4 Å². The summed E-state index contributed by atoms with van der Waals surface area (Å²) in [5.74, 6) is -3.50. The molecule has 192 valence electrons. The number of carbonyl (C=O) groups excluding carboxylic acids is 4. The zero-order valence-electron chi connectivity index (χ0n) is 21.0. The van der Waals surface area contributed by atoms with E-state index in [0.717, 1.165) is 0 Å². The number of hydrogen-bond donors (Lipinski definition) is 2. The van der Waals surface area contributed by atoms with Gasteiger partial charge in [0.2, 0.25) is 0 Å². The van der Waals surface area contributed by atoms with Crippen molar-refractivity contribution in [2.75, 3.05) is 0 Å². The Morgan fingerprint density at radius 2 is 1.85 bits per heavy atom. The maximum Gasteiger partial charge on any atom is 0.338 e. The lowest BCUT2D eigenvalue weighted by atomic mass is 9.70. The van der Waals surface area contributed by atoms with Crippen molar-refractivity contribution in [1.82, 2.24) is 0 Å². The van der Waals surface area contributed by atoms with Crippen LogP contribution in [0.2, 0.25) is 0 Å². The van der Waals surface area contributed by atoms with E-state index in [1.54, 1.807) is 20.8 Å². The van der Waals surface area contributed by atoms with Crippen molar-refractivity contribution in [2.45, 2.75) is 103 Å². The Morgan fingerprint density at radius 1 is 1.24 bits per heavy atom. The number of aliphatic hydroxyl groups is 2. The van der Waals surface area contributed by atoms with Gasteiger partial charge in [0.05, 0.1) is 11.5 Å². The van der Waals surface area contributed by atoms with Crippen molar-refractivity contribution < 1.29 is 43.6 Å². The fourth-order valence-electron chi connectivity index (χ4n) is 4.24. The molecule has 0 amide bonds. The molecule has 2 aliphatic rings. The van der Waals surface area contributed by atoms with Crippen molar-refractivity contribution in [1.29, 1.82) is 0 Å². The second kappa shape index (κ2) is 10.6. The minimum absolute atomic E-state index is 0.0194. The van der Waals surface area contributed by atoms with E-state index >= 15 is 0 Å². The second-order valence-electron chi connectivity index (χ2n) is 10.3. The van der Waals surface area contributed by atoms with Gasteiger partial charge in [-0.3, -0.25) is 14.4 Å². The fraction of sp³-hybridized carbons (Fsp3) is 0.760. The Balaban J connectivity index is 2.51. The summed E-state index contributed by atoms with van der Waals surface area (Å²) >= 11 is 0. The quantitative estimate of drug-likeness (QED) is 0.332. The maximum atomic E-state index is 13.0. The number of ketones is 1. The van der Waals surface area contributed by atoms with Crippen molar-refractivity contribution in [3.05, 3.63) is 12.2 Å². The first-order valence-corrected chi connectivity index (χ1v) is 11.9. The molecule has 0 aromatic carbocycles. The van der Waals surface area contributed by atoms with Gasteiger partial charge in [-0.15, -0.1) is 0 Å². The van der Waals surface area contributed by atoms with Gasteiger partial charge in [-0.1, -0.05) is 41.2 Å². The first-order valence-electron chi connectivity index (χ1n) is 11.9. The molecule has 0 bridgehead atoms. The van der Waals surface area contributed by atoms with Crippen LogP contribution in [0.15, 0.2) is 12.2 Å². The molecule has 9 nitrogen and oxygen atoms in total. The third-order valence-corrected chi connectivity index (χ3v) is 7.00. The van der Waals surface area contributed by atoms with Crippen LogP contribution in [-0.4, -0.2) is 63.4 Å². The lowest BCUT2D eigenvalue weighted by Gasteiger charge is -2.51. The van der Waals surface area contributed by atoms with Crippen molar-refractivity contribution in [3.8, 4) is 0 Å². The molecule has 2 rings (SSSR count). The number of hydrogen-bond acceptors (Lipinski definition) is 9. The van der Waals surface area contributed by atoms with E-state index < -0.39 is 71.5 Å². The lowest BCUT2D eigenvalue weighted by Crippen LogP contribution is -2.67. The second-order valence-corrected chi connectivity index (χ2v) is 10.3. The maximum absolute atomic E-state index is 13.0. The van der Waals surface area contributed by atoms with Crippen molar-refractivity contribution in [2.24, 2.45) is 17.8 Å². The van der Waals surface area contributed by atoms with Gasteiger partial charge in [-0.25, -0.2) is 4.79 Å². The summed E-state index contributed by atoms with van der Waals surface area (Å²) in [5, 5.41) is 22.6. The van der Waals surface area contributed by atoms with Crippen LogP contribution in [0.25, 0.3) is 0 Å². The van der Waals surface area contributed by atoms with Crippen LogP contribution in [0.5, 0.6) is 0 Å². The number of aliphatic hydroxyl groups excluding tert-OH is 1. The smallest absolute Gasteiger partial charge is 0.338 e. The van der Waals surface area contributed by atoms with Gasteiger partial charge in [0.1, 0.15) is 18.3 Å². The van der Waals surface area contributed by atoms with E-state index in [4.69, 9.17) is 14.2 Å². The summed E-state index contributed by atoms with van der Waals surface area (Å²) in [7, 11) is 0. The van der Waals surface area contributed by atoms with Crippen molar-refractivity contribution in [3.63, 3.8) is 0 Å². The topological polar surface area (TPSA) is 136 Å². The molecule has 34 heavy (non-hydrogen) atoms. The van der Waals surface area contributed by atoms with Gasteiger partial charge in [0, 0.05) is 19.3 Å². The first kappa shape index (κ1) is 28.0. The van der Waals surface area contributed by atoms with Crippen LogP contribution in [0.3, 0.4) is 0 Å². The van der Waals surface area contributed by atoms with Crippen LogP contribution in [-0.2, 0) is 33.4 Å². The molecule has 2 fully saturated rings. The molecule has 2 N–H and O–H groups in total. The molecular formula is C25H38O9. The van der Waals surface area contributed by atoms with Crippen molar-refractivity contribution >= 4 is 23.7 Å². The molecule has 1 saturated heterocycles. The summed E-state index contributed by atoms with van der Waals surface area (Å²) in [6.07, 6.45) is -3.82. The number of rotatable bonds is 6. The number of carbonyl (C=O) groups is 4. The predicted octanol–water partition coefficient (Wildman–Crippen LogP) is 2.26. The molecule has 1 spiro atoms. The summed E-state index contributed by atoms with van der Waals surface area (Å²) < 4.78 is 16.6. The van der Waals surface area contributed by atoms with E-state index in [1.807, 2.05) is 13.8 Å². The van der Waals surface area contributed by atoms with E-state index in [2.05, 4.69) is 6.58 Å². The van der Waals surface area contributed by atoms with Crippen LogP contribution in [0.4, 0.5) is 0 Å². The van der Waals surface area contributed by atoms with Gasteiger partial charge >= 0.3 is 17.9 Å². The SMILES string of the molecule is C=C1C(=O)O[C@@]12C[C@@H](OC(=O)[C@H](C)CC)[C@@](C)(O)C(=O)CC[C@@H](C)[C@@H](OC(=O)CC(C)C)[C@H]2O. The third kappa shape index (κ3) is 5.51. The van der Waals surface area contributed by atoms with E-state index in [0.29, 0.717) is 6.42 Å². The number of ether oxygens (including phenoxy) is 3. The summed E-state index contributed by atoms with van der Waals surface area (Å²) in [6.45, 7) is 13.8. The van der Waals surface area contributed by atoms with Gasteiger partial charge in [0.15, 0.2) is 17.0 Å². The molecule has 1 saturated carbocycles. The minimum Gasteiger partial charge on any atom is -0.459 e. The molecule has 0 unspecified atom stereocenters. The lowest BCUT2D eigenvalue weighted by molar-refractivity contribution is -0.224.